The van der Waals surface area contributed by atoms with Crippen molar-refractivity contribution in [2.45, 2.75) is 5.41 Å². The zero-order valence-electron chi connectivity index (χ0n) is 33.7. The smallest absolute Gasteiger partial charge is 0.160 e. The number of benzene rings is 9. The van der Waals surface area contributed by atoms with Crippen LogP contribution in [0, 0.1) is 0 Å². The van der Waals surface area contributed by atoms with Crippen LogP contribution in [0.4, 0.5) is 0 Å². The summed E-state index contributed by atoms with van der Waals surface area (Å²) in [5, 5.41) is 2.26. The summed E-state index contributed by atoms with van der Waals surface area (Å²) in [7, 11) is 0. The molecule has 3 nitrogen and oxygen atoms in total. The molecular weight excluding hydrogens is 753 g/mol. The molecule has 12 rings (SSSR count). The predicted molar refractivity (Wildman–Crippen MR) is 254 cm³/mol. The number of hydrogen-bond donors (Lipinski definition) is 0. The summed E-state index contributed by atoms with van der Waals surface area (Å²) >= 11 is 0. The Kier molecular flexibility index (Phi) is 8.39. The molecule has 0 saturated carbocycles. The lowest BCUT2D eigenvalue weighted by atomic mass is 9.67. The molecule has 290 valence electrons. The Labute approximate surface area is 360 Å². The SMILES string of the molecule is c1ccc(-c2nc(-c3ccc(-c4cccc(-c5ccc6oc7ccccc7c6c5)c4)cc3)cc(-c3cccc4c3-c3ccccc3C4(c3ccccc3)c3ccccc3)n2)cc1. The van der Waals surface area contributed by atoms with Gasteiger partial charge in [-0.2, -0.15) is 0 Å². The average molecular weight is 791 g/mol. The van der Waals surface area contributed by atoms with E-state index in [0.717, 1.165) is 72.3 Å². The Morgan fingerprint density at radius 3 is 1.63 bits per heavy atom. The van der Waals surface area contributed by atoms with Gasteiger partial charge in [-0.15, -0.1) is 0 Å². The van der Waals surface area contributed by atoms with E-state index in [0.29, 0.717) is 5.82 Å². The molecule has 9 aromatic carbocycles. The van der Waals surface area contributed by atoms with Crippen LogP contribution in [0.2, 0.25) is 0 Å². The van der Waals surface area contributed by atoms with E-state index < -0.39 is 5.41 Å². The van der Waals surface area contributed by atoms with Crippen molar-refractivity contribution in [2.75, 3.05) is 0 Å². The van der Waals surface area contributed by atoms with Crippen molar-refractivity contribution in [3.05, 3.63) is 253 Å². The standard InChI is InChI=1S/C59H38N2O/c1-4-16-41(17-5-1)58-60-53(40-32-30-39(31-33-40)42-18-14-19-43(36-42)44-34-35-56-50(37-44)47-24-11-13-29-55(47)62-56)38-54(61-58)49-26-15-28-52-57(49)48-25-10-12-27-51(48)59(52,45-20-6-2-7-21-45)46-22-8-3-9-23-46/h1-38H. The third-order valence-corrected chi connectivity index (χ3v) is 12.6. The van der Waals surface area contributed by atoms with Crippen molar-refractivity contribution < 1.29 is 4.42 Å². The first-order valence-electron chi connectivity index (χ1n) is 21.1. The highest BCUT2D eigenvalue weighted by Crippen LogP contribution is 2.58. The lowest BCUT2D eigenvalue weighted by Gasteiger charge is -2.33. The third-order valence-electron chi connectivity index (χ3n) is 12.6. The van der Waals surface area contributed by atoms with Crippen LogP contribution >= 0.6 is 0 Å². The lowest BCUT2D eigenvalue weighted by molar-refractivity contribution is 0.669. The van der Waals surface area contributed by atoms with E-state index in [-0.39, 0.29) is 0 Å². The van der Waals surface area contributed by atoms with Crippen molar-refractivity contribution in [1.82, 2.24) is 9.97 Å². The van der Waals surface area contributed by atoms with Gasteiger partial charge < -0.3 is 4.42 Å². The van der Waals surface area contributed by atoms with Gasteiger partial charge in [0.1, 0.15) is 11.2 Å². The maximum atomic E-state index is 6.11. The van der Waals surface area contributed by atoms with E-state index in [1.54, 1.807) is 0 Å². The van der Waals surface area contributed by atoms with Gasteiger partial charge in [0.2, 0.25) is 0 Å². The van der Waals surface area contributed by atoms with Gasteiger partial charge >= 0.3 is 0 Å². The fourth-order valence-electron chi connectivity index (χ4n) is 9.77. The minimum absolute atomic E-state index is 0.504. The zero-order chi connectivity index (χ0) is 41.0. The van der Waals surface area contributed by atoms with Gasteiger partial charge in [0, 0.05) is 27.5 Å². The second-order valence-electron chi connectivity index (χ2n) is 16.1. The summed E-state index contributed by atoms with van der Waals surface area (Å²) in [6, 6.07) is 82.2. The molecule has 1 aliphatic carbocycles. The highest BCUT2D eigenvalue weighted by atomic mass is 16.3. The van der Waals surface area contributed by atoms with E-state index in [1.807, 2.05) is 30.3 Å². The monoisotopic (exact) mass is 790 g/mol. The molecule has 2 aromatic heterocycles. The largest absolute Gasteiger partial charge is 0.456 e. The maximum absolute atomic E-state index is 6.11. The first-order valence-corrected chi connectivity index (χ1v) is 21.1. The van der Waals surface area contributed by atoms with Gasteiger partial charge in [-0.1, -0.05) is 200 Å². The fourth-order valence-corrected chi connectivity index (χ4v) is 9.77. The van der Waals surface area contributed by atoms with Gasteiger partial charge in [-0.3, -0.25) is 0 Å². The molecule has 0 saturated heterocycles. The minimum Gasteiger partial charge on any atom is -0.456 e. The van der Waals surface area contributed by atoms with Crippen molar-refractivity contribution in [3.8, 4) is 67.3 Å². The number of aromatic nitrogens is 2. The Morgan fingerprint density at radius 1 is 0.323 bits per heavy atom. The van der Waals surface area contributed by atoms with Crippen LogP contribution in [-0.2, 0) is 5.41 Å². The molecule has 2 heterocycles. The molecule has 0 atom stereocenters. The molecule has 0 N–H and O–H groups in total. The van der Waals surface area contributed by atoms with Gasteiger partial charge in [0.25, 0.3) is 0 Å². The van der Waals surface area contributed by atoms with E-state index in [9.17, 15) is 0 Å². The highest BCUT2D eigenvalue weighted by molar-refractivity contribution is 6.06. The van der Waals surface area contributed by atoms with Crippen molar-refractivity contribution >= 4 is 21.9 Å². The Balaban J connectivity index is 0.978. The minimum atomic E-state index is -0.504. The van der Waals surface area contributed by atoms with Crippen molar-refractivity contribution in [3.63, 3.8) is 0 Å². The maximum Gasteiger partial charge on any atom is 0.160 e. The van der Waals surface area contributed by atoms with Crippen molar-refractivity contribution in [1.29, 1.82) is 0 Å². The number of furan rings is 1. The summed E-state index contributed by atoms with van der Waals surface area (Å²) in [5.74, 6) is 0.693. The van der Waals surface area contributed by atoms with Crippen LogP contribution in [0.5, 0.6) is 0 Å². The Bertz CT molecular complexity index is 3400. The van der Waals surface area contributed by atoms with E-state index >= 15 is 0 Å². The highest BCUT2D eigenvalue weighted by Gasteiger charge is 2.46. The average Bonchev–Trinajstić information content (AvgIpc) is 3.88. The Morgan fingerprint density at radius 2 is 0.855 bits per heavy atom. The molecule has 1 aliphatic rings. The molecule has 0 aliphatic heterocycles. The first kappa shape index (κ1) is 35.8. The molecule has 0 bridgehead atoms. The predicted octanol–water partition coefficient (Wildman–Crippen LogP) is 15.1. The summed E-state index contributed by atoms with van der Waals surface area (Å²) in [4.78, 5) is 10.6. The fraction of sp³-hybridized carbons (Fsp3) is 0.0169. The second kappa shape index (κ2) is 14.5. The number of nitrogens with zero attached hydrogens (tertiary/aromatic N) is 2. The van der Waals surface area contributed by atoms with Gasteiger partial charge in [0.15, 0.2) is 5.82 Å². The lowest BCUT2D eigenvalue weighted by Crippen LogP contribution is -2.28. The summed E-state index contributed by atoms with van der Waals surface area (Å²) < 4.78 is 6.11. The molecule has 3 heteroatoms. The van der Waals surface area contributed by atoms with Crippen LogP contribution in [0.25, 0.3) is 89.2 Å². The summed E-state index contributed by atoms with van der Waals surface area (Å²) in [5.41, 5.74) is 18.2. The Hall–Kier alpha value is -8.14. The number of para-hydroxylation sites is 1. The molecule has 0 radical (unpaired) electrons. The van der Waals surface area contributed by atoms with Crippen LogP contribution < -0.4 is 0 Å². The third kappa shape index (κ3) is 5.74. The first-order chi connectivity index (χ1) is 30.7. The molecule has 62 heavy (non-hydrogen) atoms. The van der Waals surface area contributed by atoms with Crippen molar-refractivity contribution in [2.24, 2.45) is 0 Å². The molecule has 11 aromatic rings. The topological polar surface area (TPSA) is 38.9 Å². The van der Waals surface area contributed by atoms with Gasteiger partial charge in [0.05, 0.1) is 16.8 Å². The van der Waals surface area contributed by atoms with E-state index in [2.05, 4.69) is 200 Å². The summed E-state index contributed by atoms with van der Waals surface area (Å²) in [6.07, 6.45) is 0. The zero-order valence-corrected chi connectivity index (χ0v) is 33.7. The summed E-state index contributed by atoms with van der Waals surface area (Å²) in [6.45, 7) is 0. The van der Waals surface area contributed by atoms with Gasteiger partial charge in [-0.05, 0) is 86.0 Å². The van der Waals surface area contributed by atoms with Crippen LogP contribution in [-0.4, -0.2) is 9.97 Å². The molecule has 0 fully saturated rings. The molecular formula is C59H38N2O. The van der Waals surface area contributed by atoms with Crippen LogP contribution in [0.15, 0.2) is 235 Å². The normalized spacial score (nSPS) is 12.6. The number of hydrogen-bond acceptors (Lipinski definition) is 3. The van der Waals surface area contributed by atoms with E-state index in [4.69, 9.17) is 14.4 Å². The second-order valence-corrected chi connectivity index (χ2v) is 16.1. The van der Waals surface area contributed by atoms with Gasteiger partial charge in [-0.25, -0.2) is 9.97 Å². The number of rotatable bonds is 7. The van der Waals surface area contributed by atoms with Crippen LogP contribution in [0.1, 0.15) is 22.3 Å². The molecule has 0 amide bonds. The van der Waals surface area contributed by atoms with Crippen LogP contribution in [0.3, 0.4) is 0 Å². The number of fused-ring (bicyclic) bond motifs is 6. The molecule has 0 spiro atoms. The quantitative estimate of drug-likeness (QED) is 0.161. The van der Waals surface area contributed by atoms with E-state index in [1.165, 1.54) is 33.4 Å². The molecule has 0 unspecified atom stereocenters.